The van der Waals surface area contributed by atoms with Gasteiger partial charge < -0.3 is 4.90 Å². The van der Waals surface area contributed by atoms with Crippen molar-refractivity contribution < 1.29 is 4.79 Å². The molecule has 2 atom stereocenters. The maximum Gasteiger partial charge on any atom is 0.173 e. The van der Waals surface area contributed by atoms with Crippen LogP contribution in [0.1, 0.15) is 22.3 Å². The average Bonchev–Trinajstić information content (AvgIpc) is 3.36. The highest BCUT2D eigenvalue weighted by Crippen LogP contribution is 2.62. The van der Waals surface area contributed by atoms with E-state index >= 15 is 0 Å². The number of carbonyl (C=O) groups excluding carboxylic acids is 1. The molecule has 0 spiro atoms. The maximum absolute atomic E-state index is 13.4. The molecule has 2 nitrogen and oxygen atoms in total. The van der Waals surface area contributed by atoms with Crippen molar-refractivity contribution in [2.75, 3.05) is 18.5 Å². The van der Waals surface area contributed by atoms with Crippen LogP contribution >= 0.6 is 0 Å². The second-order valence-corrected chi connectivity index (χ2v) is 7.13. The molecule has 1 aliphatic carbocycles. The number of carbonyl (C=O) groups is 1. The number of benzene rings is 3. The number of Topliss-reactive ketones (excluding diaryl/α,β-unsaturated/α-hetero) is 1. The van der Waals surface area contributed by atoms with E-state index in [4.69, 9.17) is 0 Å². The van der Waals surface area contributed by atoms with Gasteiger partial charge in [-0.05, 0) is 23.3 Å². The van der Waals surface area contributed by atoms with Crippen LogP contribution in [-0.4, -0.2) is 19.4 Å². The van der Waals surface area contributed by atoms with Crippen LogP contribution in [-0.2, 0) is 5.41 Å². The first-order valence-electron chi connectivity index (χ1n) is 8.55. The molecule has 118 valence electrons. The van der Waals surface area contributed by atoms with Crippen molar-refractivity contribution in [3.05, 3.63) is 77.9 Å². The molecule has 1 saturated carbocycles. The minimum atomic E-state index is -0.312. The lowest BCUT2D eigenvalue weighted by Gasteiger charge is -2.33. The van der Waals surface area contributed by atoms with E-state index in [2.05, 4.69) is 48.3 Å². The molecule has 0 radical (unpaired) electrons. The summed E-state index contributed by atoms with van der Waals surface area (Å²) in [5.41, 5.74) is 2.98. The largest absolute Gasteiger partial charge is 0.374 e. The van der Waals surface area contributed by atoms with E-state index in [1.807, 2.05) is 30.3 Å². The third-order valence-corrected chi connectivity index (χ3v) is 5.80. The number of fused-ring (bicyclic) bond motifs is 5. The van der Waals surface area contributed by atoms with E-state index in [9.17, 15) is 4.79 Å². The number of rotatable bonds is 2. The Labute approximate surface area is 141 Å². The molecule has 1 aliphatic heterocycles. The van der Waals surface area contributed by atoms with Crippen molar-refractivity contribution in [1.29, 1.82) is 0 Å². The Kier molecular flexibility index (Phi) is 2.70. The van der Waals surface area contributed by atoms with Crippen LogP contribution in [0.5, 0.6) is 0 Å². The van der Waals surface area contributed by atoms with E-state index in [0.717, 1.165) is 18.5 Å². The Morgan fingerprint density at radius 2 is 1.75 bits per heavy atom. The fourth-order valence-corrected chi connectivity index (χ4v) is 4.58. The van der Waals surface area contributed by atoms with Crippen molar-refractivity contribution in [2.24, 2.45) is 5.92 Å². The maximum atomic E-state index is 13.4. The van der Waals surface area contributed by atoms with E-state index in [1.54, 1.807) is 0 Å². The fraction of sp³-hybridized carbons (Fsp3) is 0.227. The summed E-state index contributed by atoms with van der Waals surface area (Å²) in [6, 6.07) is 22.6. The van der Waals surface area contributed by atoms with E-state index < -0.39 is 0 Å². The van der Waals surface area contributed by atoms with Crippen LogP contribution in [0.15, 0.2) is 66.7 Å². The van der Waals surface area contributed by atoms with E-state index in [0.29, 0.717) is 5.92 Å². The molecule has 2 heteroatoms. The van der Waals surface area contributed by atoms with E-state index in [-0.39, 0.29) is 11.2 Å². The fourth-order valence-electron chi connectivity index (χ4n) is 4.58. The van der Waals surface area contributed by atoms with Crippen LogP contribution in [0.4, 0.5) is 5.69 Å². The molecule has 1 fully saturated rings. The zero-order chi connectivity index (χ0) is 16.3. The predicted octanol–water partition coefficient (Wildman–Crippen LogP) is 4.43. The number of ketones is 1. The highest BCUT2D eigenvalue weighted by molar-refractivity contribution is 6.10. The number of nitrogens with zero attached hydrogens (tertiary/aromatic N) is 1. The Morgan fingerprint density at radius 3 is 2.58 bits per heavy atom. The summed E-state index contributed by atoms with van der Waals surface area (Å²) in [4.78, 5) is 15.7. The minimum Gasteiger partial charge on any atom is -0.374 e. The quantitative estimate of drug-likeness (QED) is 0.652. The van der Waals surface area contributed by atoms with Gasteiger partial charge in [0, 0.05) is 30.2 Å². The molecular weight excluding hydrogens is 294 g/mol. The lowest BCUT2D eigenvalue weighted by molar-refractivity contribution is 0.0936. The minimum absolute atomic E-state index is 0.290. The van der Waals surface area contributed by atoms with Gasteiger partial charge in [0.15, 0.2) is 5.78 Å². The van der Waals surface area contributed by atoms with Crippen LogP contribution in [0.25, 0.3) is 10.8 Å². The molecule has 0 unspecified atom stereocenters. The Bertz CT molecular complexity index is 962. The summed E-state index contributed by atoms with van der Waals surface area (Å²) < 4.78 is 0. The van der Waals surface area contributed by atoms with Gasteiger partial charge in [-0.1, -0.05) is 66.7 Å². The molecule has 0 saturated heterocycles. The van der Waals surface area contributed by atoms with Crippen molar-refractivity contribution in [3.8, 4) is 0 Å². The van der Waals surface area contributed by atoms with Gasteiger partial charge in [0.25, 0.3) is 0 Å². The zero-order valence-electron chi connectivity index (χ0n) is 13.7. The highest BCUT2D eigenvalue weighted by atomic mass is 16.1. The van der Waals surface area contributed by atoms with Crippen LogP contribution < -0.4 is 4.90 Å². The number of anilines is 1. The first kappa shape index (κ1) is 13.8. The van der Waals surface area contributed by atoms with Gasteiger partial charge in [-0.15, -0.1) is 0 Å². The third-order valence-electron chi connectivity index (χ3n) is 5.80. The van der Waals surface area contributed by atoms with Gasteiger partial charge in [-0.3, -0.25) is 4.79 Å². The van der Waals surface area contributed by atoms with Crippen LogP contribution in [0.2, 0.25) is 0 Å². The van der Waals surface area contributed by atoms with Gasteiger partial charge in [0.2, 0.25) is 0 Å². The van der Waals surface area contributed by atoms with Gasteiger partial charge in [-0.25, -0.2) is 0 Å². The summed E-state index contributed by atoms with van der Waals surface area (Å²) in [6.45, 7) is 0.958. The van der Waals surface area contributed by atoms with Gasteiger partial charge in [0.1, 0.15) is 0 Å². The zero-order valence-corrected chi connectivity index (χ0v) is 13.7. The summed E-state index contributed by atoms with van der Waals surface area (Å²) >= 11 is 0. The lowest BCUT2D eigenvalue weighted by Crippen LogP contribution is -2.35. The molecule has 0 aromatic heterocycles. The molecular formula is C22H19NO. The molecule has 24 heavy (non-hydrogen) atoms. The van der Waals surface area contributed by atoms with Crippen LogP contribution in [0.3, 0.4) is 0 Å². The van der Waals surface area contributed by atoms with Crippen molar-refractivity contribution in [3.63, 3.8) is 0 Å². The topological polar surface area (TPSA) is 20.3 Å². The van der Waals surface area contributed by atoms with E-state index in [1.165, 1.54) is 22.0 Å². The SMILES string of the molecule is CN1C[C@@H]2C[C@]2(C(=O)c2ccccc2)c2ccc3ccccc3c21. The summed E-state index contributed by atoms with van der Waals surface area (Å²) in [5, 5.41) is 2.49. The molecule has 3 aromatic rings. The molecule has 5 rings (SSSR count). The third kappa shape index (κ3) is 1.68. The monoisotopic (exact) mass is 313 g/mol. The summed E-state index contributed by atoms with van der Waals surface area (Å²) in [5.74, 6) is 0.724. The molecule has 3 aromatic carbocycles. The second-order valence-electron chi connectivity index (χ2n) is 7.13. The molecule has 0 N–H and O–H groups in total. The second kappa shape index (κ2) is 4.70. The van der Waals surface area contributed by atoms with Gasteiger partial charge >= 0.3 is 0 Å². The molecule has 2 aliphatic rings. The first-order valence-corrected chi connectivity index (χ1v) is 8.55. The van der Waals surface area contributed by atoms with Crippen molar-refractivity contribution >= 4 is 22.2 Å². The average molecular weight is 313 g/mol. The van der Waals surface area contributed by atoms with Crippen molar-refractivity contribution in [2.45, 2.75) is 11.8 Å². The number of hydrogen-bond acceptors (Lipinski definition) is 2. The summed E-state index contributed by atoms with van der Waals surface area (Å²) in [6.07, 6.45) is 0.969. The molecule has 0 amide bonds. The van der Waals surface area contributed by atoms with Crippen molar-refractivity contribution in [1.82, 2.24) is 0 Å². The molecule has 1 heterocycles. The Morgan fingerprint density at radius 1 is 1.00 bits per heavy atom. The predicted molar refractivity (Wildman–Crippen MR) is 97.8 cm³/mol. The Balaban J connectivity index is 1.74. The van der Waals surface area contributed by atoms with Crippen LogP contribution in [0, 0.1) is 5.92 Å². The highest BCUT2D eigenvalue weighted by Gasteiger charge is 2.63. The number of hydrogen-bond donors (Lipinski definition) is 0. The smallest absolute Gasteiger partial charge is 0.173 e. The van der Waals surface area contributed by atoms with Gasteiger partial charge in [-0.2, -0.15) is 0 Å². The van der Waals surface area contributed by atoms with Gasteiger partial charge in [0.05, 0.1) is 5.41 Å². The summed E-state index contributed by atoms with van der Waals surface area (Å²) in [7, 11) is 2.15. The first-order chi connectivity index (χ1) is 11.7. The molecule has 0 bridgehead atoms. The standard InChI is InChI=1S/C22H19NO/c1-23-14-17-13-22(17,21(24)16-8-3-2-4-9-16)19-12-11-15-7-5-6-10-18(15)20(19)23/h2-12,17H,13-14H2,1H3/t17-,22+/m0/s1. The lowest BCUT2D eigenvalue weighted by atomic mass is 9.80. The Hall–Kier alpha value is -2.61. The normalized spacial score (nSPS) is 24.4.